The summed E-state index contributed by atoms with van der Waals surface area (Å²) in [6, 6.07) is 17.2. The Morgan fingerprint density at radius 3 is 2.67 bits per heavy atom. The number of fused-ring (bicyclic) bond motifs is 2. The Bertz CT molecular complexity index is 874. The molecule has 3 nitrogen and oxygen atoms in total. The van der Waals surface area contributed by atoms with E-state index in [4.69, 9.17) is 9.72 Å². The Kier molecular flexibility index (Phi) is 3.95. The predicted molar refractivity (Wildman–Crippen MR) is 97.3 cm³/mol. The molecule has 0 amide bonds. The smallest absolute Gasteiger partial charge is 0.218 e. The van der Waals surface area contributed by atoms with Crippen LogP contribution in [0.2, 0.25) is 0 Å². The molecule has 24 heavy (non-hydrogen) atoms. The first-order valence-corrected chi connectivity index (χ1v) is 8.49. The first kappa shape index (κ1) is 15.2. The lowest BCUT2D eigenvalue weighted by Gasteiger charge is -2.19. The van der Waals surface area contributed by atoms with E-state index < -0.39 is 0 Å². The quantitative estimate of drug-likeness (QED) is 0.706. The van der Waals surface area contributed by atoms with Crippen LogP contribution in [0.3, 0.4) is 0 Å². The number of pyridine rings is 1. The first-order chi connectivity index (χ1) is 11.7. The molecule has 0 spiro atoms. The molecular formula is C21H22N2O. The highest BCUT2D eigenvalue weighted by Gasteiger charge is 2.18. The Morgan fingerprint density at radius 2 is 1.83 bits per heavy atom. The summed E-state index contributed by atoms with van der Waals surface area (Å²) in [5.74, 6) is 0.798. The number of ether oxygens (including phenoxy) is 1. The molecule has 4 rings (SSSR count). The summed E-state index contributed by atoms with van der Waals surface area (Å²) in [5, 5.41) is 1.24. The summed E-state index contributed by atoms with van der Waals surface area (Å²) in [6.07, 6.45) is 0. The van der Waals surface area contributed by atoms with E-state index in [9.17, 15) is 0 Å². The monoisotopic (exact) mass is 318 g/mol. The molecule has 3 aromatic rings. The van der Waals surface area contributed by atoms with Crippen LogP contribution in [0, 0.1) is 13.8 Å². The van der Waals surface area contributed by atoms with Crippen molar-refractivity contribution < 1.29 is 4.74 Å². The van der Waals surface area contributed by atoms with E-state index >= 15 is 0 Å². The summed E-state index contributed by atoms with van der Waals surface area (Å²) in [7, 11) is 0. The van der Waals surface area contributed by atoms with Gasteiger partial charge in [0.25, 0.3) is 0 Å². The third-order valence-electron chi connectivity index (χ3n) is 4.73. The van der Waals surface area contributed by atoms with Gasteiger partial charge >= 0.3 is 0 Å². The van der Waals surface area contributed by atoms with Crippen LogP contribution in [-0.2, 0) is 13.1 Å². The summed E-state index contributed by atoms with van der Waals surface area (Å²) >= 11 is 0. The molecule has 0 saturated carbocycles. The minimum absolute atomic E-state index is 0.684. The van der Waals surface area contributed by atoms with Crippen molar-refractivity contribution in [2.75, 3.05) is 13.2 Å². The molecular weight excluding hydrogens is 296 g/mol. The average Bonchev–Trinajstić information content (AvgIpc) is 2.79. The number of aryl methyl sites for hydroxylation is 2. The largest absolute Gasteiger partial charge is 0.476 e. The predicted octanol–water partition coefficient (Wildman–Crippen LogP) is 4.25. The minimum Gasteiger partial charge on any atom is -0.476 e. The van der Waals surface area contributed by atoms with Gasteiger partial charge in [0.15, 0.2) is 0 Å². The van der Waals surface area contributed by atoms with Crippen LogP contribution in [0.4, 0.5) is 0 Å². The fourth-order valence-electron chi connectivity index (χ4n) is 3.36. The lowest BCUT2D eigenvalue weighted by molar-refractivity contribution is 0.217. The maximum atomic E-state index is 5.97. The molecule has 3 heteroatoms. The Balaban J connectivity index is 1.69. The van der Waals surface area contributed by atoms with Gasteiger partial charge in [0.2, 0.25) is 5.88 Å². The van der Waals surface area contributed by atoms with E-state index in [1.54, 1.807) is 0 Å². The van der Waals surface area contributed by atoms with Crippen LogP contribution in [-0.4, -0.2) is 23.0 Å². The maximum Gasteiger partial charge on any atom is 0.218 e. The summed E-state index contributed by atoms with van der Waals surface area (Å²) in [4.78, 5) is 7.26. The highest BCUT2D eigenvalue weighted by Crippen LogP contribution is 2.29. The standard InChI is InChI=1S/C21H22N2O/c1-15-8-9-16(2)20-19(15)12-18-14-23(10-11-24-21(18)22-20)13-17-6-4-3-5-7-17/h3-9,12H,10-11,13-14H2,1-2H3. The molecule has 0 atom stereocenters. The van der Waals surface area contributed by atoms with Crippen LogP contribution in [0.25, 0.3) is 10.9 Å². The lowest BCUT2D eigenvalue weighted by Crippen LogP contribution is -2.25. The molecule has 0 N–H and O–H groups in total. The number of benzene rings is 2. The van der Waals surface area contributed by atoms with E-state index in [2.05, 4.69) is 67.3 Å². The molecule has 1 aliphatic rings. The van der Waals surface area contributed by atoms with Crippen LogP contribution >= 0.6 is 0 Å². The highest BCUT2D eigenvalue weighted by atomic mass is 16.5. The molecule has 2 aromatic carbocycles. The molecule has 1 aromatic heterocycles. The van der Waals surface area contributed by atoms with E-state index in [-0.39, 0.29) is 0 Å². The fourth-order valence-corrected chi connectivity index (χ4v) is 3.36. The van der Waals surface area contributed by atoms with E-state index in [0.717, 1.165) is 31.0 Å². The molecule has 0 bridgehead atoms. The topological polar surface area (TPSA) is 25.4 Å². The Hall–Kier alpha value is -2.39. The van der Waals surface area contributed by atoms with Crippen LogP contribution in [0.5, 0.6) is 5.88 Å². The van der Waals surface area contributed by atoms with Crippen LogP contribution < -0.4 is 4.74 Å². The first-order valence-electron chi connectivity index (χ1n) is 8.49. The zero-order chi connectivity index (χ0) is 16.5. The molecule has 122 valence electrons. The van der Waals surface area contributed by atoms with Gasteiger partial charge in [-0.25, -0.2) is 4.98 Å². The van der Waals surface area contributed by atoms with E-state index in [0.29, 0.717) is 6.61 Å². The molecule has 0 aliphatic carbocycles. The van der Waals surface area contributed by atoms with Gasteiger partial charge in [-0.3, -0.25) is 4.90 Å². The van der Waals surface area contributed by atoms with Crippen molar-refractivity contribution in [1.82, 2.24) is 9.88 Å². The SMILES string of the molecule is Cc1ccc(C)c2nc3c(cc12)CN(Cc1ccccc1)CCO3. The molecule has 0 fully saturated rings. The molecule has 0 saturated heterocycles. The number of nitrogens with zero attached hydrogens (tertiary/aromatic N) is 2. The normalized spacial score (nSPS) is 14.9. The van der Waals surface area contributed by atoms with Gasteiger partial charge in [-0.15, -0.1) is 0 Å². The van der Waals surface area contributed by atoms with Crippen molar-refractivity contribution in [3.63, 3.8) is 0 Å². The van der Waals surface area contributed by atoms with Gasteiger partial charge in [-0.1, -0.05) is 42.5 Å². The van der Waals surface area contributed by atoms with Crippen molar-refractivity contribution in [1.29, 1.82) is 0 Å². The number of rotatable bonds is 2. The summed E-state index contributed by atoms with van der Waals surface area (Å²) in [5.41, 5.74) is 6.05. The highest BCUT2D eigenvalue weighted by molar-refractivity contribution is 5.86. The van der Waals surface area contributed by atoms with Gasteiger partial charge in [0, 0.05) is 30.6 Å². The van der Waals surface area contributed by atoms with Crippen molar-refractivity contribution in [3.05, 3.63) is 70.8 Å². The zero-order valence-corrected chi connectivity index (χ0v) is 14.2. The van der Waals surface area contributed by atoms with Crippen molar-refractivity contribution >= 4 is 10.9 Å². The summed E-state index contributed by atoms with van der Waals surface area (Å²) < 4.78 is 5.97. The molecule has 0 radical (unpaired) electrons. The number of aromatic nitrogens is 1. The number of hydrogen-bond donors (Lipinski definition) is 0. The van der Waals surface area contributed by atoms with Gasteiger partial charge in [0.05, 0.1) is 5.52 Å². The van der Waals surface area contributed by atoms with Crippen molar-refractivity contribution in [2.24, 2.45) is 0 Å². The second-order valence-corrected chi connectivity index (χ2v) is 6.59. The second-order valence-electron chi connectivity index (χ2n) is 6.59. The van der Waals surface area contributed by atoms with Gasteiger partial charge in [-0.2, -0.15) is 0 Å². The number of hydrogen-bond acceptors (Lipinski definition) is 3. The molecule has 2 heterocycles. The fraction of sp³-hybridized carbons (Fsp3) is 0.286. The van der Waals surface area contributed by atoms with Gasteiger partial charge < -0.3 is 4.74 Å². The average molecular weight is 318 g/mol. The van der Waals surface area contributed by atoms with Gasteiger partial charge in [0.1, 0.15) is 6.61 Å². The lowest BCUT2D eigenvalue weighted by atomic mass is 10.0. The van der Waals surface area contributed by atoms with Gasteiger partial charge in [-0.05, 0) is 36.6 Å². The Morgan fingerprint density at radius 1 is 1.04 bits per heavy atom. The molecule has 1 aliphatic heterocycles. The molecule has 0 unspecified atom stereocenters. The van der Waals surface area contributed by atoms with Crippen molar-refractivity contribution in [3.8, 4) is 5.88 Å². The third kappa shape index (κ3) is 2.87. The van der Waals surface area contributed by atoms with Crippen molar-refractivity contribution in [2.45, 2.75) is 26.9 Å². The maximum absolute atomic E-state index is 5.97. The van der Waals surface area contributed by atoms with Crippen LogP contribution in [0.1, 0.15) is 22.3 Å². The Labute approximate surface area is 142 Å². The second kappa shape index (κ2) is 6.25. The third-order valence-corrected chi connectivity index (χ3v) is 4.73. The van der Waals surface area contributed by atoms with Crippen LogP contribution in [0.15, 0.2) is 48.5 Å². The van der Waals surface area contributed by atoms with E-state index in [1.807, 2.05) is 0 Å². The van der Waals surface area contributed by atoms with E-state index in [1.165, 1.54) is 27.6 Å². The summed E-state index contributed by atoms with van der Waals surface area (Å²) in [6.45, 7) is 7.67. The zero-order valence-electron chi connectivity index (χ0n) is 14.2. The minimum atomic E-state index is 0.684.